The molecule has 0 radical (unpaired) electrons. The maximum Gasteiger partial charge on any atom is 0.311 e. The average Bonchev–Trinajstić information content (AvgIpc) is 2.23. The molecule has 16 heavy (non-hydrogen) atoms. The van der Waals surface area contributed by atoms with Gasteiger partial charge in [0.05, 0.1) is 5.41 Å². The first-order chi connectivity index (χ1) is 7.26. The van der Waals surface area contributed by atoms with Gasteiger partial charge in [0.25, 0.3) is 0 Å². The zero-order chi connectivity index (χ0) is 12.9. The van der Waals surface area contributed by atoms with E-state index in [2.05, 4.69) is 27.7 Å². The minimum atomic E-state index is -0.361. The Balaban J connectivity index is 4.59. The minimum Gasteiger partial charge on any atom is -0.461 e. The van der Waals surface area contributed by atoms with E-state index in [1.54, 1.807) is 0 Å². The number of carbonyl (C=O) groups is 1. The molecular weight excluding hydrogens is 200 g/mol. The third-order valence-electron chi connectivity index (χ3n) is 3.54. The van der Waals surface area contributed by atoms with Crippen molar-refractivity contribution in [1.29, 1.82) is 0 Å². The van der Waals surface area contributed by atoms with Crippen molar-refractivity contribution in [3.63, 3.8) is 0 Å². The highest BCUT2D eigenvalue weighted by Crippen LogP contribution is 2.26. The summed E-state index contributed by atoms with van der Waals surface area (Å²) in [6, 6.07) is 0. The van der Waals surface area contributed by atoms with Crippen molar-refractivity contribution in [3.05, 3.63) is 0 Å². The average molecular weight is 228 g/mol. The van der Waals surface area contributed by atoms with Crippen LogP contribution in [0.2, 0.25) is 0 Å². The summed E-state index contributed by atoms with van der Waals surface area (Å²) in [4.78, 5) is 12.0. The SMILES string of the molecule is CCC(C)C(OC(=O)C(C)(C)CC)C(C)C. The Morgan fingerprint density at radius 1 is 1.19 bits per heavy atom. The van der Waals surface area contributed by atoms with E-state index in [0.717, 1.165) is 12.8 Å². The quantitative estimate of drug-likeness (QED) is 0.641. The smallest absolute Gasteiger partial charge is 0.311 e. The third kappa shape index (κ3) is 4.15. The summed E-state index contributed by atoms with van der Waals surface area (Å²) in [6.07, 6.45) is 1.91. The highest BCUT2D eigenvalue weighted by molar-refractivity contribution is 5.76. The van der Waals surface area contributed by atoms with E-state index in [-0.39, 0.29) is 17.5 Å². The number of esters is 1. The molecule has 0 amide bonds. The van der Waals surface area contributed by atoms with E-state index in [0.29, 0.717) is 11.8 Å². The number of carbonyl (C=O) groups excluding carboxylic acids is 1. The molecule has 0 bridgehead atoms. The van der Waals surface area contributed by atoms with Gasteiger partial charge in [0, 0.05) is 0 Å². The van der Waals surface area contributed by atoms with Gasteiger partial charge >= 0.3 is 5.97 Å². The lowest BCUT2D eigenvalue weighted by molar-refractivity contribution is -0.165. The third-order valence-corrected chi connectivity index (χ3v) is 3.54. The van der Waals surface area contributed by atoms with E-state index < -0.39 is 0 Å². The van der Waals surface area contributed by atoms with Gasteiger partial charge in [-0.25, -0.2) is 0 Å². The standard InChI is InChI=1S/C14H28O2/c1-8-11(5)12(10(3)4)16-13(15)14(6,7)9-2/h10-12H,8-9H2,1-7H3. The Bertz CT molecular complexity index is 219. The Labute approximate surface area is 101 Å². The molecule has 2 heteroatoms. The van der Waals surface area contributed by atoms with Gasteiger partial charge < -0.3 is 4.74 Å². The van der Waals surface area contributed by atoms with Crippen LogP contribution in [-0.2, 0) is 9.53 Å². The lowest BCUT2D eigenvalue weighted by Crippen LogP contribution is -2.35. The molecule has 2 nitrogen and oxygen atoms in total. The molecule has 0 aliphatic rings. The fourth-order valence-electron chi connectivity index (χ4n) is 1.57. The molecule has 0 saturated heterocycles. The monoisotopic (exact) mass is 228 g/mol. The molecule has 0 heterocycles. The molecule has 96 valence electrons. The van der Waals surface area contributed by atoms with Crippen molar-refractivity contribution >= 4 is 5.97 Å². The van der Waals surface area contributed by atoms with Gasteiger partial charge in [0.15, 0.2) is 0 Å². The molecule has 2 unspecified atom stereocenters. The van der Waals surface area contributed by atoms with Crippen LogP contribution in [0.4, 0.5) is 0 Å². The zero-order valence-corrected chi connectivity index (χ0v) is 12.0. The largest absolute Gasteiger partial charge is 0.461 e. The predicted molar refractivity (Wildman–Crippen MR) is 68.2 cm³/mol. The van der Waals surface area contributed by atoms with Crippen molar-refractivity contribution in [1.82, 2.24) is 0 Å². The lowest BCUT2D eigenvalue weighted by Gasteiger charge is -2.30. The van der Waals surface area contributed by atoms with Crippen molar-refractivity contribution < 1.29 is 9.53 Å². The topological polar surface area (TPSA) is 26.3 Å². The summed E-state index contributed by atoms with van der Waals surface area (Å²) >= 11 is 0. The molecule has 0 rings (SSSR count). The second-order valence-electron chi connectivity index (χ2n) is 5.74. The van der Waals surface area contributed by atoms with Gasteiger partial charge in [0.1, 0.15) is 6.10 Å². The highest BCUT2D eigenvalue weighted by Gasteiger charge is 2.32. The second-order valence-corrected chi connectivity index (χ2v) is 5.74. The van der Waals surface area contributed by atoms with Crippen LogP contribution in [0.3, 0.4) is 0 Å². The number of ether oxygens (including phenoxy) is 1. The van der Waals surface area contributed by atoms with Crippen molar-refractivity contribution in [2.75, 3.05) is 0 Å². The summed E-state index contributed by atoms with van der Waals surface area (Å²) in [7, 11) is 0. The molecule has 0 aliphatic heterocycles. The Morgan fingerprint density at radius 2 is 1.69 bits per heavy atom. The van der Waals surface area contributed by atoms with Crippen LogP contribution in [0.25, 0.3) is 0 Å². The van der Waals surface area contributed by atoms with Crippen LogP contribution in [0.15, 0.2) is 0 Å². The summed E-state index contributed by atoms with van der Waals surface area (Å²) in [5.41, 5.74) is -0.361. The predicted octanol–water partition coefficient (Wildman–Crippen LogP) is 4.04. The van der Waals surface area contributed by atoms with Crippen LogP contribution < -0.4 is 0 Å². The Morgan fingerprint density at radius 3 is 2.00 bits per heavy atom. The van der Waals surface area contributed by atoms with Crippen LogP contribution in [0.5, 0.6) is 0 Å². The fraction of sp³-hybridized carbons (Fsp3) is 0.929. The number of hydrogen-bond donors (Lipinski definition) is 0. The lowest BCUT2D eigenvalue weighted by atomic mass is 9.89. The van der Waals surface area contributed by atoms with Crippen LogP contribution in [0.1, 0.15) is 61.3 Å². The summed E-state index contributed by atoms with van der Waals surface area (Å²) in [5, 5.41) is 0. The molecular formula is C14H28O2. The zero-order valence-electron chi connectivity index (χ0n) is 12.0. The summed E-state index contributed by atoms with van der Waals surface area (Å²) in [5.74, 6) is 0.747. The first-order valence-electron chi connectivity index (χ1n) is 6.47. The highest BCUT2D eigenvalue weighted by atomic mass is 16.5. The van der Waals surface area contributed by atoms with Crippen LogP contribution in [0, 0.1) is 17.3 Å². The van der Waals surface area contributed by atoms with E-state index in [1.807, 2.05) is 20.8 Å². The number of rotatable bonds is 6. The molecule has 0 fully saturated rings. The van der Waals surface area contributed by atoms with E-state index in [9.17, 15) is 4.79 Å². The molecule has 0 saturated carbocycles. The van der Waals surface area contributed by atoms with Gasteiger partial charge in [-0.15, -0.1) is 0 Å². The summed E-state index contributed by atoms with van der Waals surface area (Å²) < 4.78 is 5.68. The minimum absolute atomic E-state index is 0.0447. The first kappa shape index (κ1) is 15.5. The van der Waals surface area contributed by atoms with E-state index in [4.69, 9.17) is 4.74 Å². The first-order valence-corrected chi connectivity index (χ1v) is 6.47. The molecule has 0 aromatic heterocycles. The fourth-order valence-corrected chi connectivity index (χ4v) is 1.57. The van der Waals surface area contributed by atoms with Crippen molar-refractivity contribution in [2.24, 2.45) is 17.3 Å². The molecule has 0 N–H and O–H groups in total. The Hall–Kier alpha value is -0.530. The van der Waals surface area contributed by atoms with Crippen LogP contribution >= 0.6 is 0 Å². The molecule has 0 aliphatic carbocycles. The van der Waals surface area contributed by atoms with Gasteiger partial charge in [-0.2, -0.15) is 0 Å². The van der Waals surface area contributed by atoms with Gasteiger partial charge in [-0.05, 0) is 32.1 Å². The second kappa shape index (κ2) is 6.27. The molecule has 0 aromatic rings. The summed E-state index contributed by atoms with van der Waals surface area (Å²) in [6.45, 7) is 14.4. The normalized spacial score (nSPS) is 16.0. The van der Waals surface area contributed by atoms with Crippen LogP contribution in [-0.4, -0.2) is 12.1 Å². The number of hydrogen-bond acceptors (Lipinski definition) is 2. The molecule has 2 atom stereocenters. The van der Waals surface area contributed by atoms with Gasteiger partial charge in [-0.3, -0.25) is 4.79 Å². The molecule has 0 spiro atoms. The Kier molecular flexibility index (Phi) is 6.06. The van der Waals surface area contributed by atoms with E-state index in [1.165, 1.54) is 0 Å². The van der Waals surface area contributed by atoms with Crippen molar-refractivity contribution in [2.45, 2.75) is 67.4 Å². The van der Waals surface area contributed by atoms with E-state index >= 15 is 0 Å². The van der Waals surface area contributed by atoms with Gasteiger partial charge in [-0.1, -0.05) is 41.0 Å². The maximum absolute atomic E-state index is 12.0. The van der Waals surface area contributed by atoms with Gasteiger partial charge in [0.2, 0.25) is 0 Å². The van der Waals surface area contributed by atoms with Crippen molar-refractivity contribution in [3.8, 4) is 0 Å². The molecule has 0 aromatic carbocycles. The maximum atomic E-state index is 12.0.